The fourth-order valence-electron chi connectivity index (χ4n) is 2.28. The van der Waals surface area contributed by atoms with Gasteiger partial charge in [-0.05, 0) is 19.2 Å². The summed E-state index contributed by atoms with van der Waals surface area (Å²) in [4.78, 5) is 15.1. The Labute approximate surface area is 134 Å². The Kier molecular flexibility index (Phi) is 5.66. The lowest BCUT2D eigenvalue weighted by molar-refractivity contribution is -0.132. The number of piperazine rings is 1. The number of carbonyl (C=O) groups excluding carboxylic acids is 1. The number of hydrogen-bond donors (Lipinski definition) is 1. The van der Waals surface area contributed by atoms with Crippen LogP contribution in [0.5, 0.6) is 0 Å². The molecule has 0 aromatic heterocycles. The summed E-state index contributed by atoms with van der Waals surface area (Å²) < 4.78 is 52.4. The molecule has 1 amide bonds. The van der Waals surface area contributed by atoms with Crippen molar-refractivity contribution < 1.29 is 22.0 Å². The van der Waals surface area contributed by atoms with Crippen molar-refractivity contribution in [1.82, 2.24) is 14.5 Å². The third kappa shape index (κ3) is 4.69. The maximum atomic E-state index is 13.5. The highest BCUT2D eigenvalue weighted by Crippen LogP contribution is 2.15. The third-order valence-corrected chi connectivity index (χ3v) is 5.16. The van der Waals surface area contributed by atoms with E-state index < -0.39 is 26.6 Å². The van der Waals surface area contributed by atoms with Crippen LogP contribution in [0, 0.1) is 11.6 Å². The van der Waals surface area contributed by atoms with Crippen LogP contribution in [0.1, 0.15) is 6.42 Å². The second-order valence-corrected chi connectivity index (χ2v) is 7.14. The second kappa shape index (κ2) is 7.33. The Morgan fingerprint density at radius 2 is 1.87 bits per heavy atom. The summed E-state index contributed by atoms with van der Waals surface area (Å²) in [7, 11) is -2.15. The normalized spacial score (nSPS) is 16.6. The molecular weight excluding hydrogens is 328 g/mol. The minimum Gasteiger partial charge on any atom is -0.340 e. The van der Waals surface area contributed by atoms with E-state index in [2.05, 4.69) is 9.62 Å². The molecule has 1 N–H and O–H groups in total. The zero-order valence-corrected chi connectivity index (χ0v) is 13.6. The Balaban J connectivity index is 1.88. The van der Waals surface area contributed by atoms with Crippen molar-refractivity contribution in [3.8, 4) is 0 Å². The van der Waals surface area contributed by atoms with Crippen LogP contribution < -0.4 is 4.72 Å². The fraction of sp³-hybridized carbons (Fsp3) is 0.500. The number of rotatable bonds is 5. The molecule has 0 spiro atoms. The van der Waals surface area contributed by atoms with Gasteiger partial charge >= 0.3 is 0 Å². The first-order valence-electron chi connectivity index (χ1n) is 7.20. The topological polar surface area (TPSA) is 69.7 Å². The molecule has 2 rings (SSSR count). The number of likely N-dealkylation sites (N-methyl/N-ethyl adjacent to an activating group) is 1. The standard InChI is InChI=1S/C14H19F2N3O3S/c1-18-6-8-19(9-7-18)14(20)4-5-17-23(21,22)13-3-2-11(15)10-12(13)16/h2-3,10,17H,4-9H2,1H3. The maximum Gasteiger partial charge on any atom is 0.243 e. The van der Waals surface area contributed by atoms with Gasteiger partial charge in [0.25, 0.3) is 0 Å². The Morgan fingerprint density at radius 3 is 2.48 bits per heavy atom. The molecule has 9 heteroatoms. The lowest BCUT2D eigenvalue weighted by Gasteiger charge is -2.32. The van der Waals surface area contributed by atoms with Crippen LogP contribution >= 0.6 is 0 Å². The summed E-state index contributed by atoms with van der Waals surface area (Å²) in [5.41, 5.74) is 0. The Morgan fingerprint density at radius 1 is 1.22 bits per heavy atom. The van der Waals surface area contributed by atoms with Gasteiger partial charge < -0.3 is 9.80 Å². The highest BCUT2D eigenvalue weighted by molar-refractivity contribution is 7.89. The number of nitrogens with one attached hydrogen (secondary N) is 1. The summed E-state index contributed by atoms with van der Waals surface area (Å²) in [5, 5.41) is 0. The smallest absolute Gasteiger partial charge is 0.243 e. The van der Waals surface area contributed by atoms with Crippen LogP contribution in [0.4, 0.5) is 8.78 Å². The van der Waals surface area contributed by atoms with Crippen molar-refractivity contribution in [3.63, 3.8) is 0 Å². The molecule has 1 fully saturated rings. The molecule has 23 heavy (non-hydrogen) atoms. The van der Waals surface area contributed by atoms with Gasteiger partial charge in [-0.25, -0.2) is 21.9 Å². The van der Waals surface area contributed by atoms with Crippen molar-refractivity contribution in [3.05, 3.63) is 29.8 Å². The van der Waals surface area contributed by atoms with Crippen LogP contribution in [0.25, 0.3) is 0 Å². The summed E-state index contributed by atoms with van der Waals surface area (Å²) in [6.07, 6.45) is -0.00818. The molecule has 128 valence electrons. The predicted molar refractivity (Wildman–Crippen MR) is 80.2 cm³/mol. The first-order valence-corrected chi connectivity index (χ1v) is 8.69. The molecule has 0 aliphatic carbocycles. The molecule has 0 saturated carbocycles. The molecule has 1 heterocycles. The lowest BCUT2D eigenvalue weighted by atomic mass is 10.3. The average Bonchev–Trinajstić information content (AvgIpc) is 2.47. The van der Waals surface area contributed by atoms with Gasteiger partial charge in [0.1, 0.15) is 16.5 Å². The monoisotopic (exact) mass is 347 g/mol. The van der Waals surface area contributed by atoms with Crippen molar-refractivity contribution in [2.24, 2.45) is 0 Å². The fourth-order valence-corrected chi connectivity index (χ4v) is 3.37. The molecule has 0 atom stereocenters. The van der Waals surface area contributed by atoms with E-state index in [1.54, 1.807) is 4.90 Å². The first-order chi connectivity index (χ1) is 10.8. The zero-order valence-electron chi connectivity index (χ0n) is 12.8. The molecule has 1 aromatic rings. The van der Waals surface area contributed by atoms with Gasteiger partial charge in [-0.15, -0.1) is 0 Å². The predicted octanol–water partition coefficient (Wildman–Crippen LogP) is 0.407. The molecule has 1 aliphatic rings. The molecule has 0 unspecified atom stereocenters. The van der Waals surface area contributed by atoms with Crippen molar-refractivity contribution in [2.45, 2.75) is 11.3 Å². The maximum absolute atomic E-state index is 13.5. The number of amides is 1. The van der Waals surface area contributed by atoms with E-state index in [1.165, 1.54) is 0 Å². The first kappa shape index (κ1) is 17.8. The van der Waals surface area contributed by atoms with Gasteiger partial charge in [0.05, 0.1) is 0 Å². The van der Waals surface area contributed by atoms with E-state index in [0.717, 1.165) is 25.2 Å². The molecule has 1 saturated heterocycles. The minimum atomic E-state index is -4.11. The Hall–Kier alpha value is -1.58. The largest absolute Gasteiger partial charge is 0.340 e. The van der Waals surface area contributed by atoms with Crippen LogP contribution in [-0.2, 0) is 14.8 Å². The van der Waals surface area contributed by atoms with E-state index in [9.17, 15) is 22.0 Å². The molecule has 1 aliphatic heterocycles. The number of nitrogens with zero attached hydrogens (tertiary/aromatic N) is 2. The third-order valence-electron chi connectivity index (χ3n) is 3.67. The molecule has 0 bridgehead atoms. The van der Waals surface area contributed by atoms with Gasteiger partial charge in [0, 0.05) is 45.2 Å². The number of hydrogen-bond acceptors (Lipinski definition) is 4. The van der Waals surface area contributed by atoms with Crippen molar-refractivity contribution in [1.29, 1.82) is 0 Å². The van der Waals surface area contributed by atoms with Gasteiger partial charge in [-0.2, -0.15) is 0 Å². The van der Waals surface area contributed by atoms with Gasteiger partial charge in [0.15, 0.2) is 0 Å². The van der Waals surface area contributed by atoms with Crippen molar-refractivity contribution in [2.75, 3.05) is 39.8 Å². The number of carbonyl (C=O) groups is 1. The lowest BCUT2D eigenvalue weighted by Crippen LogP contribution is -2.47. The van der Waals surface area contributed by atoms with E-state index in [1.807, 2.05) is 7.05 Å². The van der Waals surface area contributed by atoms with E-state index in [0.29, 0.717) is 19.2 Å². The zero-order chi connectivity index (χ0) is 17.0. The highest BCUT2D eigenvalue weighted by atomic mass is 32.2. The summed E-state index contributed by atoms with van der Waals surface area (Å²) in [6, 6.07) is 2.23. The van der Waals surface area contributed by atoms with Crippen LogP contribution in [0.2, 0.25) is 0 Å². The minimum absolute atomic E-state index is 0.00818. The molecule has 0 radical (unpaired) electrons. The number of benzene rings is 1. The van der Waals surface area contributed by atoms with Gasteiger partial charge in [-0.3, -0.25) is 4.79 Å². The van der Waals surface area contributed by atoms with Crippen LogP contribution in [0.15, 0.2) is 23.1 Å². The summed E-state index contributed by atoms with van der Waals surface area (Å²) in [5.74, 6) is -2.17. The SMILES string of the molecule is CN1CCN(C(=O)CCNS(=O)(=O)c2ccc(F)cc2F)CC1. The van der Waals surface area contributed by atoms with Gasteiger partial charge in [-0.1, -0.05) is 0 Å². The van der Waals surface area contributed by atoms with Crippen LogP contribution in [0.3, 0.4) is 0 Å². The van der Waals surface area contributed by atoms with Crippen molar-refractivity contribution >= 4 is 15.9 Å². The quantitative estimate of drug-likeness (QED) is 0.838. The summed E-state index contributed by atoms with van der Waals surface area (Å²) in [6.45, 7) is 2.63. The molecule has 1 aromatic carbocycles. The number of halogens is 2. The highest BCUT2D eigenvalue weighted by Gasteiger charge is 2.22. The van der Waals surface area contributed by atoms with E-state index in [4.69, 9.17) is 0 Å². The Bertz CT molecular complexity index is 674. The number of sulfonamides is 1. The average molecular weight is 347 g/mol. The van der Waals surface area contributed by atoms with Crippen LogP contribution in [-0.4, -0.2) is 63.9 Å². The molecule has 6 nitrogen and oxygen atoms in total. The second-order valence-electron chi connectivity index (χ2n) is 5.41. The van der Waals surface area contributed by atoms with E-state index >= 15 is 0 Å². The summed E-state index contributed by atoms with van der Waals surface area (Å²) >= 11 is 0. The van der Waals surface area contributed by atoms with E-state index in [-0.39, 0.29) is 18.9 Å². The molecular formula is C14H19F2N3O3S. The van der Waals surface area contributed by atoms with Gasteiger partial charge in [0.2, 0.25) is 15.9 Å².